The third-order valence-electron chi connectivity index (χ3n) is 2.53. The second-order valence-corrected chi connectivity index (χ2v) is 5.51. The second kappa shape index (κ2) is 3.92. The van der Waals surface area contributed by atoms with E-state index >= 15 is 0 Å². The number of sulfonamides is 1. The van der Waals surface area contributed by atoms with E-state index in [1.54, 1.807) is 0 Å². The largest absolute Gasteiger partial charge is 0.393 e. The van der Waals surface area contributed by atoms with Crippen LogP contribution in [0.1, 0.15) is 12.8 Å². The Hall–Kier alpha value is -0.920. The molecule has 2 heterocycles. The standard InChI is InChI=1S/C8H13N3O3S/c12-7-1-3-11(4-2-7)15(13,14)8-5-9-10-6-8/h5-7,12H,1-4H2,(H,9,10). The summed E-state index contributed by atoms with van der Waals surface area (Å²) in [6, 6.07) is 0. The highest BCUT2D eigenvalue weighted by molar-refractivity contribution is 7.89. The second-order valence-electron chi connectivity index (χ2n) is 3.57. The smallest absolute Gasteiger partial charge is 0.246 e. The lowest BCUT2D eigenvalue weighted by Gasteiger charge is -2.28. The van der Waals surface area contributed by atoms with Crippen molar-refractivity contribution in [3.8, 4) is 0 Å². The highest BCUT2D eigenvalue weighted by Gasteiger charge is 2.29. The van der Waals surface area contributed by atoms with Gasteiger partial charge in [0.2, 0.25) is 10.0 Å². The van der Waals surface area contributed by atoms with E-state index < -0.39 is 10.0 Å². The SMILES string of the molecule is O=S(=O)(c1cn[nH]c1)N1CCC(O)CC1. The number of nitrogens with zero attached hydrogens (tertiary/aromatic N) is 2. The van der Waals surface area contributed by atoms with E-state index in [4.69, 9.17) is 0 Å². The molecule has 15 heavy (non-hydrogen) atoms. The Balaban J connectivity index is 2.17. The predicted octanol–water partition coefficient (Wildman–Crippen LogP) is -0.445. The fraction of sp³-hybridized carbons (Fsp3) is 0.625. The zero-order valence-corrected chi connectivity index (χ0v) is 8.94. The van der Waals surface area contributed by atoms with Crippen LogP contribution in [-0.2, 0) is 10.0 Å². The van der Waals surface area contributed by atoms with Crippen molar-refractivity contribution in [2.45, 2.75) is 23.8 Å². The van der Waals surface area contributed by atoms with Crippen molar-refractivity contribution >= 4 is 10.0 Å². The third kappa shape index (κ3) is 2.04. The molecule has 0 spiro atoms. The molecular weight excluding hydrogens is 218 g/mol. The number of H-pyrrole nitrogens is 1. The van der Waals surface area contributed by atoms with Gasteiger partial charge in [0.25, 0.3) is 0 Å². The van der Waals surface area contributed by atoms with E-state index in [1.165, 1.54) is 16.7 Å². The highest BCUT2D eigenvalue weighted by Crippen LogP contribution is 2.19. The van der Waals surface area contributed by atoms with Crippen molar-refractivity contribution in [2.75, 3.05) is 13.1 Å². The molecule has 84 valence electrons. The molecule has 6 nitrogen and oxygen atoms in total. The highest BCUT2D eigenvalue weighted by atomic mass is 32.2. The van der Waals surface area contributed by atoms with E-state index in [1.807, 2.05) is 0 Å². The average Bonchev–Trinajstić information content (AvgIpc) is 2.71. The summed E-state index contributed by atoms with van der Waals surface area (Å²) in [5.41, 5.74) is 0. The van der Waals surface area contributed by atoms with Gasteiger partial charge in [-0.3, -0.25) is 5.10 Å². The molecule has 0 saturated carbocycles. The molecule has 2 rings (SSSR count). The maximum Gasteiger partial charge on any atom is 0.246 e. The number of aliphatic hydroxyl groups is 1. The third-order valence-corrected chi connectivity index (χ3v) is 4.40. The van der Waals surface area contributed by atoms with Crippen LogP contribution >= 0.6 is 0 Å². The number of aliphatic hydroxyl groups excluding tert-OH is 1. The fourth-order valence-corrected chi connectivity index (χ4v) is 2.99. The van der Waals surface area contributed by atoms with Crippen LogP contribution in [0.25, 0.3) is 0 Å². The molecule has 0 unspecified atom stereocenters. The topological polar surface area (TPSA) is 86.3 Å². The van der Waals surface area contributed by atoms with Gasteiger partial charge in [0.05, 0.1) is 12.3 Å². The van der Waals surface area contributed by atoms with Gasteiger partial charge in [-0.2, -0.15) is 9.40 Å². The van der Waals surface area contributed by atoms with Gasteiger partial charge in [-0.05, 0) is 12.8 Å². The summed E-state index contributed by atoms with van der Waals surface area (Å²) < 4.78 is 25.3. The van der Waals surface area contributed by atoms with E-state index in [0.29, 0.717) is 25.9 Å². The van der Waals surface area contributed by atoms with E-state index in [2.05, 4.69) is 10.2 Å². The zero-order chi connectivity index (χ0) is 10.9. The minimum atomic E-state index is -3.41. The van der Waals surface area contributed by atoms with Crippen molar-refractivity contribution in [1.82, 2.24) is 14.5 Å². The van der Waals surface area contributed by atoms with Crippen LogP contribution in [0.15, 0.2) is 17.3 Å². The molecule has 1 fully saturated rings. The summed E-state index contributed by atoms with van der Waals surface area (Å²) in [6.45, 7) is 0.739. The number of nitrogens with one attached hydrogen (secondary N) is 1. The molecule has 0 bridgehead atoms. The molecule has 1 saturated heterocycles. The molecular formula is C8H13N3O3S. The van der Waals surface area contributed by atoms with Crippen molar-refractivity contribution in [1.29, 1.82) is 0 Å². The van der Waals surface area contributed by atoms with Gasteiger partial charge in [-0.25, -0.2) is 8.42 Å². The Bertz CT molecular complexity index is 406. The van der Waals surface area contributed by atoms with Crippen molar-refractivity contribution in [2.24, 2.45) is 0 Å². The van der Waals surface area contributed by atoms with Gasteiger partial charge < -0.3 is 5.11 Å². The van der Waals surface area contributed by atoms with Crippen LogP contribution in [0.2, 0.25) is 0 Å². The zero-order valence-electron chi connectivity index (χ0n) is 8.13. The lowest BCUT2D eigenvalue weighted by atomic mass is 10.1. The minimum Gasteiger partial charge on any atom is -0.393 e. The lowest BCUT2D eigenvalue weighted by molar-refractivity contribution is 0.113. The van der Waals surface area contributed by atoms with E-state index in [0.717, 1.165) is 0 Å². The summed E-state index contributed by atoms with van der Waals surface area (Å²) >= 11 is 0. The predicted molar refractivity (Wildman–Crippen MR) is 52.6 cm³/mol. The molecule has 0 atom stereocenters. The molecule has 1 aliphatic rings. The first-order valence-electron chi connectivity index (χ1n) is 4.78. The Kier molecular flexibility index (Phi) is 2.76. The molecule has 1 aromatic rings. The van der Waals surface area contributed by atoms with Crippen LogP contribution in [0.5, 0.6) is 0 Å². The molecule has 0 aromatic carbocycles. The lowest BCUT2D eigenvalue weighted by Crippen LogP contribution is -2.39. The molecule has 2 N–H and O–H groups in total. The van der Waals surface area contributed by atoms with Crippen LogP contribution < -0.4 is 0 Å². The Labute approximate surface area is 88.0 Å². The van der Waals surface area contributed by atoms with Gasteiger partial charge in [0.15, 0.2) is 0 Å². The summed E-state index contributed by atoms with van der Waals surface area (Å²) in [5.74, 6) is 0. The van der Waals surface area contributed by atoms with E-state index in [9.17, 15) is 13.5 Å². The first kappa shape index (κ1) is 10.6. The maximum absolute atomic E-state index is 11.9. The van der Waals surface area contributed by atoms with Gasteiger partial charge >= 0.3 is 0 Å². The monoisotopic (exact) mass is 231 g/mol. The van der Waals surface area contributed by atoms with Crippen molar-refractivity contribution in [3.63, 3.8) is 0 Å². The van der Waals surface area contributed by atoms with Gasteiger partial charge in [-0.15, -0.1) is 0 Å². The number of hydrogen-bond acceptors (Lipinski definition) is 4. The number of aromatic amines is 1. The average molecular weight is 231 g/mol. The molecule has 0 amide bonds. The number of aromatic nitrogens is 2. The number of rotatable bonds is 2. The van der Waals surface area contributed by atoms with Gasteiger partial charge in [-0.1, -0.05) is 0 Å². The summed E-state index contributed by atoms with van der Waals surface area (Å²) in [6.07, 6.45) is 3.27. The summed E-state index contributed by atoms with van der Waals surface area (Å²) in [4.78, 5) is 0.180. The molecule has 1 aromatic heterocycles. The van der Waals surface area contributed by atoms with Crippen LogP contribution in [0.3, 0.4) is 0 Å². The normalized spacial score (nSPS) is 20.6. The Morgan fingerprint density at radius 2 is 2.13 bits per heavy atom. The maximum atomic E-state index is 11.9. The van der Waals surface area contributed by atoms with Crippen LogP contribution in [-0.4, -0.2) is 47.2 Å². The molecule has 0 radical (unpaired) electrons. The molecule has 0 aliphatic carbocycles. The number of hydrogen-bond donors (Lipinski definition) is 2. The van der Waals surface area contributed by atoms with Crippen molar-refractivity contribution in [3.05, 3.63) is 12.4 Å². The summed E-state index contributed by atoms with van der Waals surface area (Å²) in [5, 5.41) is 15.4. The van der Waals surface area contributed by atoms with Gasteiger partial charge in [0.1, 0.15) is 4.90 Å². The van der Waals surface area contributed by atoms with Gasteiger partial charge in [0, 0.05) is 19.3 Å². The Morgan fingerprint density at radius 1 is 1.47 bits per heavy atom. The quantitative estimate of drug-likeness (QED) is 0.722. The Morgan fingerprint density at radius 3 is 2.67 bits per heavy atom. The number of piperidine rings is 1. The van der Waals surface area contributed by atoms with Crippen LogP contribution in [0.4, 0.5) is 0 Å². The molecule has 7 heteroatoms. The first-order chi connectivity index (χ1) is 7.10. The minimum absolute atomic E-state index is 0.180. The summed E-state index contributed by atoms with van der Waals surface area (Å²) in [7, 11) is -3.41. The molecule has 1 aliphatic heterocycles. The fourth-order valence-electron chi connectivity index (χ4n) is 1.61. The van der Waals surface area contributed by atoms with Crippen LogP contribution in [0, 0.1) is 0 Å². The van der Waals surface area contributed by atoms with E-state index in [-0.39, 0.29) is 11.0 Å². The van der Waals surface area contributed by atoms with Crippen molar-refractivity contribution < 1.29 is 13.5 Å². The first-order valence-corrected chi connectivity index (χ1v) is 6.22.